The number of nitrogens with one attached hydrogen (secondary N) is 1. The summed E-state index contributed by atoms with van der Waals surface area (Å²) in [7, 11) is 0. The molecule has 2 amide bonds. The Bertz CT molecular complexity index is 1230. The van der Waals surface area contributed by atoms with Gasteiger partial charge in [0.2, 0.25) is 0 Å². The van der Waals surface area contributed by atoms with E-state index in [9.17, 15) is 32.3 Å². The van der Waals surface area contributed by atoms with Gasteiger partial charge in [-0.3, -0.25) is 9.59 Å². The van der Waals surface area contributed by atoms with E-state index in [1.54, 1.807) is 0 Å². The van der Waals surface area contributed by atoms with Crippen LogP contribution in [-0.4, -0.2) is 63.0 Å². The van der Waals surface area contributed by atoms with Crippen LogP contribution in [0.1, 0.15) is 27.6 Å². The minimum atomic E-state index is -5.20. The van der Waals surface area contributed by atoms with Crippen molar-refractivity contribution in [3.63, 3.8) is 0 Å². The van der Waals surface area contributed by atoms with Crippen LogP contribution in [0.3, 0.4) is 0 Å². The van der Waals surface area contributed by atoms with Gasteiger partial charge in [-0.05, 0) is 55.5 Å². The molecule has 1 unspecified atom stereocenters. The lowest BCUT2D eigenvalue weighted by Gasteiger charge is -2.35. The molecule has 0 fully saturated rings. The molecule has 2 aromatic carbocycles. The highest BCUT2D eigenvalue weighted by atomic mass is 35.5. The van der Waals surface area contributed by atoms with Crippen molar-refractivity contribution >= 4 is 29.2 Å². The van der Waals surface area contributed by atoms with E-state index in [1.165, 1.54) is 43.3 Å². The number of carbonyl (C=O) groups excluding carboxylic acids is 2. The lowest BCUT2D eigenvalue weighted by atomic mass is 10.0. The van der Waals surface area contributed by atoms with Gasteiger partial charge in [0.05, 0.1) is 25.0 Å². The molecule has 8 nitrogen and oxygen atoms in total. The number of carbonyl (C=O) groups is 2. The average molecular weight is 528 g/mol. The predicted octanol–water partition coefficient (Wildman–Crippen LogP) is 3.43. The van der Waals surface area contributed by atoms with Crippen LogP contribution in [0.5, 0.6) is 0 Å². The van der Waals surface area contributed by atoms with Gasteiger partial charge >= 0.3 is 6.18 Å². The monoisotopic (exact) mass is 527 g/mol. The molecule has 0 bridgehead atoms. The Balaban J connectivity index is 1.77. The first-order valence-electron chi connectivity index (χ1n) is 10.6. The number of nitrogens with zero attached hydrogens (tertiary/aromatic N) is 3. The fourth-order valence-corrected chi connectivity index (χ4v) is 3.43. The van der Waals surface area contributed by atoms with Gasteiger partial charge in [-0.2, -0.15) is 18.3 Å². The minimum absolute atomic E-state index is 0.0794. The number of hydrogen-bond acceptors (Lipinski definition) is 5. The highest BCUT2D eigenvalue weighted by Gasteiger charge is 2.55. The van der Waals surface area contributed by atoms with E-state index < -0.39 is 42.5 Å². The zero-order chi connectivity index (χ0) is 26.7. The third kappa shape index (κ3) is 5.77. The largest absolute Gasteiger partial charge is 0.420 e. The normalized spacial score (nSPS) is 13.2. The van der Waals surface area contributed by atoms with Gasteiger partial charge in [0.15, 0.2) is 5.60 Å². The zero-order valence-corrected chi connectivity index (χ0v) is 19.6. The SMILES string of the molecule is CCN(CC(O)(CNC(=O)c1cnn(-c2ccc(F)cc2)c1N)C(F)(F)F)C(=O)c1ccc(Cl)cc1. The van der Waals surface area contributed by atoms with Crippen LogP contribution >= 0.6 is 11.6 Å². The zero-order valence-electron chi connectivity index (χ0n) is 18.9. The summed E-state index contributed by atoms with van der Waals surface area (Å²) in [6.45, 7) is -1.10. The molecule has 3 rings (SSSR count). The Labute approximate surface area is 208 Å². The summed E-state index contributed by atoms with van der Waals surface area (Å²) in [5, 5.41) is 16.8. The number of amides is 2. The van der Waals surface area contributed by atoms with Crippen molar-refractivity contribution in [2.24, 2.45) is 0 Å². The number of nitrogen functional groups attached to an aromatic ring is 1. The minimum Gasteiger partial charge on any atom is -0.383 e. The van der Waals surface area contributed by atoms with Crippen molar-refractivity contribution in [1.82, 2.24) is 20.0 Å². The Hall–Kier alpha value is -3.64. The van der Waals surface area contributed by atoms with E-state index in [-0.39, 0.29) is 23.5 Å². The maximum absolute atomic E-state index is 13.9. The van der Waals surface area contributed by atoms with E-state index in [0.717, 1.165) is 27.9 Å². The number of alkyl halides is 3. The van der Waals surface area contributed by atoms with Gasteiger partial charge in [-0.15, -0.1) is 0 Å². The van der Waals surface area contributed by atoms with E-state index in [0.29, 0.717) is 10.7 Å². The Morgan fingerprint density at radius 2 is 1.75 bits per heavy atom. The van der Waals surface area contributed by atoms with Crippen LogP contribution in [0.2, 0.25) is 5.02 Å². The van der Waals surface area contributed by atoms with E-state index in [2.05, 4.69) is 5.10 Å². The standard InChI is InChI=1S/C23H22ClF4N5O3/c1-2-32(21(35)14-3-5-15(24)6-4-14)13-22(36,23(26,27)28)12-30-20(34)18-11-31-33(19(18)29)17-9-7-16(25)8-10-17/h3-11,36H,2,12-13,29H2,1H3,(H,30,34). The molecular formula is C23H22ClF4N5O3. The van der Waals surface area contributed by atoms with Crippen molar-refractivity contribution in [2.75, 3.05) is 25.4 Å². The van der Waals surface area contributed by atoms with Crippen LogP contribution in [0.4, 0.5) is 23.4 Å². The molecule has 0 aliphatic heterocycles. The second-order valence-corrected chi connectivity index (χ2v) is 8.31. The molecule has 0 saturated carbocycles. The lowest BCUT2D eigenvalue weighted by Crippen LogP contribution is -2.60. The molecule has 0 aliphatic rings. The van der Waals surface area contributed by atoms with Crippen molar-refractivity contribution < 1.29 is 32.3 Å². The average Bonchev–Trinajstić information content (AvgIpc) is 3.22. The summed E-state index contributed by atoms with van der Waals surface area (Å²) in [5.74, 6) is -2.50. The van der Waals surface area contributed by atoms with Crippen LogP contribution in [0, 0.1) is 5.82 Å². The first-order chi connectivity index (χ1) is 16.9. The van der Waals surface area contributed by atoms with Crippen molar-refractivity contribution in [3.8, 4) is 5.69 Å². The van der Waals surface area contributed by atoms with Gasteiger partial charge in [-0.1, -0.05) is 11.6 Å². The number of benzene rings is 2. The van der Waals surface area contributed by atoms with Crippen molar-refractivity contribution in [1.29, 1.82) is 0 Å². The molecule has 0 radical (unpaired) electrons. The third-order valence-electron chi connectivity index (χ3n) is 5.40. The Morgan fingerprint density at radius 3 is 2.31 bits per heavy atom. The number of anilines is 1. The topological polar surface area (TPSA) is 113 Å². The van der Waals surface area contributed by atoms with Crippen LogP contribution in [0.25, 0.3) is 5.69 Å². The Kier molecular flexibility index (Phi) is 7.89. The second kappa shape index (κ2) is 10.5. The highest BCUT2D eigenvalue weighted by Crippen LogP contribution is 2.31. The molecular weight excluding hydrogens is 506 g/mol. The molecule has 13 heteroatoms. The summed E-state index contributed by atoms with van der Waals surface area (Å²) in [5.41, 5.74) is 2.59. The number of hydrogen-bond donors (Lipinski definition) is 3. The number of nitrogens with two attached hydrogens (primary N) is 1. The smallest absolute Gasteiger partial charge is 0.383 e. The maximum Gasteiger partial charge on any atom is 0.420 e. The number of aliphatic hydroxyl groups is 1. The van der Waals surface area contributed by atoms with Crippen LogP contribution in [0.15, 0.2) is 54.7 Å². The van der Waals surface area contributed by atoms with Crippen molar-refractivity contribution in [3.05, 3.63) is 76.7 Å². The van der Waals surface area contributed by atoms with Gasteiger partial charge in [0.1, 0.15) is 17.2 Å². The first kappa shape index (κ1) is 27.0. The predicted molar refractivity (Wildman–Crippen MR) is 124 cm³/mol. The molecule has 192 valence electrons. The fraction of sp³-hybridized carbons (Fsp3) is 0.261. The maximum atomic E-state index is 13.9. The number of aromatic nitrogens is 2. The molecule has 3 aromatic rings. The van der Waals surface area contributed by atoms with Gasteiger partial charge in [-0.25, -0.2) is 9.07 Å². The van der Waals surface area contributed by atoms with E-state index >= 15 is 0 Å². The Morgan fingerprint density at radius 1 is 1.14 bits per heavy atom. The molecule has 1 aromatic heterocycles. The molecule has 0 aliphatic carbocycles. The van der Waals surface area contributed by atoms with Gasteiger partial charge in [0, 0.05) is 17.1 Å². The van der Waals surface area contributed by atoms with Gasteiger partial charge in [0.25, 0.3) is 11.8 Å². The summed E-state index contributed by atoms with van der Waals surface area (Å²) < 4.78 is 55.9. The van der Waals surface area contributed by atoms with E-state index in [1.807, 2.05) is 5.32 Å². The molecule has 0 spiro atoms. The van der Waals surface area contributed by atoms with E-state index in [4.69, 9.17) is 17.3 Å². The fourth-order valence-electron chi connectivity index (χ4n) is 3.31. The summed E-state index contributed by atoms with van der Waals surface area (Å²) in [6, 6.07) is 10.5. The number of likely N-dealkylation sites (N-methyl/N-ethyl adjacent to an activating group) is 1. The highest BCUT2D eigenvalue weighted by molar-refractivity contribution is 6.30. The summed E-state index contributed by atoms with van der Waals surface area (Å²) >= 11 is 5.79. The third-order valence-corrected chi connectivity index (χ3v) is 5.66. The summed E-state index contributed by atoms with van der Waals surface area (Å²) in [4.78, 5) is 26.1. The van der Waals surface area contributed by atoms with Crippen LogP contribution < -0.4 is 11.1 Å². The van der Waals surface area contributed by atoms with Crippen molar-refractivity contribution in [2.45, 2.75) is 18.7 Å². The lowest BCUT2D eigenvalue weighted by molar-refractivity contribution is -0.259. The second-order valence-electron chi connectivity index (χ2n) is 7.87. The number of rotatable bonds is 8. The van der Waals surface area contributed by atoms with Gasteiger partial charge < -0.3 is 21.1 Å². The van der Waals surface area contributed by atoms with Crippen LogP contribution in [-0.2, 0) is 0 Å². The molecule has 1 heterocycles. The molecule has 4 N–H and O–H groups in total. The molecule has 0 saturated heterocycles. The quantitative estimate of drug-likeness (QED) is 0.388. The summed E-state index contributed by atoms with van der Waals surface area (Å²) in [6.07, 6.45) is -4.17. The molecule has 1 atom stereocenters. The number of halogens is 5. The molecule has 36 heavy (non-hydrogen) atoms. The first-order valence-corrected chi connectivity index (χ1v) is 11.0.